The minimum atomic E-state index is -4.18. The molecule has 5 nitrogen and oxygen atoms in total. The smallest absolute Gasteiger partial charge is 0.357 e. The summed E-state index contributed by atoms with van der Waals surface area (Å²) in [6.07, 6.45) is 5.18. The molecule has 0 amide bonds. The molecular formula is C14H24N2O3S. The summed E-state index contributed by atoms with van der Waals surface area (Å²) in [5.41, 5.74) is 1.26. The highest BCUT2D eigenvalue weighted by atomic mass is 32.2. The van der Waals surface area contributed by atoms with Gasteiger partial charge in [0.15, 0.2) is 0 Å². The molecule has 2 rings (SSSR count). The van der Waals surface area contributed by atoms with Gasteiger partial charge in [0.2, 0.25) is 0 Å². The van der Waals surface area contributed by atoms with Gasteiger partial charge in [-0.2, -0.15) is 8.42 Å². The van der Waals surface area contributed by atoms with Gasteiger partial charge in [-0.1, -0.05) is 33.1 Å². The molecule has 3 N–H and O–H groups in total. The summed E-state index contributed by atoms with van der Waals surface area (Å²) < 4.78 is 31.6. The third-order valence-corrected chi connectivity index (χ3v) is 3.35. The van der Waals surface area contributed by atoms with E-state index < -0.39 is 10.3 Å². The Kier molecular flexibility index (Phi) is 6.81. The summed E-state index contributed by atoms with van der Waals surface area (Å²) in [5.74, 6) is 1.08. The summed E-state index contributed by atoms with van der Waals surface area (Å²) in [7, 11) is -4.18. The van der Waals surface area contributed by atoms with E-state index in [0.717, 1.165) is 31.0 Å². The van der Waals surface area contributed by atoms with Gasteiger partial charge in [-0.15, -0.1) is 0 Å². The Morgan fingerprint density at radius 2 is 1.70 bits per heavy atom. The minimum Gasteiger partial charge on any atom is -0.385 e. The molecule has 1 aliphatic carbocycles. The van der Waals surface area contributed by atoms with Crippen LogP contribution in [0.4, 0.5) is 11.4 Å². The van der Waals surface area contributed by atoms with Gasteiger partial charge in [0.25, 0.3) is 0 Å². The van der Waals surface area contributed by atoms with Crippen LogP contribution >= 0.6 is 0 Å². The molecule has 1 aromatic carbocycles. The molecule has 1 aromatic rings. The van der Waals surface area contributed by atoms with Crippen LogP contribution in [-0.2, 0) is 10.3 Å². The first-order valence-corrected chi connectivity index (χ1v) is 8.44. The second-order valence-corrected chi connectivity index (χ2v) is 6.27. The normalized spacial score (nSPS) is 14.2. The fourth-order valence-electron chi connectivity index (χ4n) is 1.38. The lowest BCUT2D eigenvalue weighted by atomic mass is 10.2. The molecule has 0 bridgehead atoms. The maximum absolute atomic E-state index is 10.5. The molecule has 0 aromatic heterocycles. The maximum atomic E-state index is 10.5. The minimum absolute atomic E-state index is 0.337. The van der Waals surface area contributed by atoms with Crippen molar-refractivity contribution >= 4 is 21.7 Å². The van der Waals surface area contributed by atoms with Crippen molar-refractivity contribution in [3.8, 4) is 0 Å². The van der Waals surface area contributed by atoms with Crippen LogP contribution in [0.1, 0.15) is 39.5 Å². The number of anilines is 2. The van der Waals surface area contributed by atoms with Gasteiger partial charge in [0.05, 0.1) is 5.69 Å². The molecule has 0 radical (unpaired) electrons. The highest BCUT2D eigenvalue weighted by Crippen LogP contribution is 2.26. The number of unbranched alkanes of at least 4 members (excludes halogenated alkanes) is 1. The highest BCUT2D eigenvalue weighted by Gasteiger charge is 2.12. The van der Waals surface area contributed by atoms with Crippen molar-refractivity contribution in [3.63, 3.8) is 0 Å². The fourth-order valence-corrected chi connectivity index (χ4v) is 1.82. The van der Waals surface area contributed by atoms with Gasteiger partial charge in [-0.05, 0) is 36.6 Å². The third kappa shape index (κ3) is 8.77. The van der Waals surface area contributed by atoms with Crippen LogP contribution in [0.2, 0.25) is 0 Å². The summed E-state index contributed by atoms with van der Waals surface area (Å²) >= 11 is 0. The largest absolute Gasteiger partial charge is 0.385 e. The van der Waals surface area contributed by atoms with Gasteiger partial charge >= 0.3 is 10.3 Å². The van der Waals surface area contributed by atoms with E-state index in [4.69, 9.17) is 4.55 Å². The molecule has 0 atom stereocenters. The Labute approximate surface area is 121 Å². The van der Waals surface area contributed by atoms with E-state index in [9.17, 15) is 8.42 Å². The van der Waals surface area contributed by atoms with E-state index in [2.05, 4.69) is 19.2 Å². The quantitative estimate of drug-likeness (QED) is 0.555. The van der Waals surface area contributed by atoms with Crippen molar-refractivity contribution in [1.29, 1.82) is 0 Å². The van der Waals surface area contributed by atoms with Crippen LogP contribution in [0.5, 0.6) is 0 Å². The molecule has 114 valence electrons. The van der Waals surface area contributed by atoms with E-state index in [1.54, 1.807) is 24.3 Å². The van der Waals surface area contributed by atoms with Crippen molar-refractivity contribution in [2.24, 2.45) is 5.92 Å². The molecule has 0 heterocycles. The predicted octanol–water partition coefficient (Wildman–Crippen LogP) is 3.53. The molecule has 1 fully saturated rings. The first kappa shape index (κ1) is 16.8. The Balaban J connectivity index is 0.000000425. The lowest BCUT2D eigenvalue weighted by molar-refractivity contribution is 0.489. The number of nitrogens with one attached hydrogen (secondary N) is 2. The molecule has 20 heavy (non-hydrogen) atoms. The first-order chi connectivity index (χ1) is 9.40. The third-order valence-electron chi connectivity index (χ3n) is 2.86. The maximum Gasteiger partial charge on any atom is 0.357 e. The summed E-state index contributed by atoms with van der Waals surface area (Å²) in [6.45, 7) is 5.28. The van der Waals surface area contributed by atoms with Gasteiger partial charge in [0.1, 0.15) is 0 Å². The average molecular weight is 300 g/mol. The van der Waals surface area contributed by atoms with E-state index >= 15 is 0 Å². The summed E-state index contributed by atoms with van der Waals surface area (Å²) in [5, 5.41) is 3.20. The van der Waals surface area contributed by atoms with Gasteiger partial charge in [-0.25, -0.2) is 0 Å². The zero-order valence-corrected chi connectivity index (χ0v) is 12.9. The highest BCUT2D eigenvalue weighted by molar-refractivity contribution is 7.87. The van der Waals surface area contributed by atoms with Crippen LogP contribution in [-0.4, -0.2) is 19.5 Å². The Bertz CT molecular complexity index is 482. The first-order valence-electron chi connectivity index (χ1n) is 7.00. The van der Waals surface area contributed by atoms with E-state index in [1.807, 2.05) is 4.72 Å². The molecule has 0 saturated heterocycles. The van der Waals surface area contributed by atoms with Gasteiger partial charge in [-0.3, -0.25) is 9.27 Å². The lowest BCUT2D eigenvalue weighted by Gasteiger charge is -2.07. The molecule has 0 unspecified atom stereocenters. The fraction of sp³-hybridized carbons (Fsp3) is 0.571. The van der Waals surface area contributed by atoms with Crippen molar-refractivity contribution in [1.82, 2.24) is 0 Å². The van der Waals surface area contributed by atoms with Crippen LogP contribution < -0.4 is 10.0 Å². The zero-order valence-electron chi connectivity index (χ0n) is 12.1. The second kappa shape index (κ2) is 8.11. The van der Waals surface area contributed by atoms with Crippen LogP contribution in [0, 0.1) is 5.92 Å². The summed E-state index contributed by atoms with van der Waals surface area (Å²) in [4.78, 5) is 0. The molecule has 0 aliphatic heterocycles. The predicted molar refractivity (Wildman–Crippen MR) is 83.4 cm³/mol. The van der Waals surface area contributed by atoms with E-state index in [0.29, 0.717) is 5.69 Å². The Hall–Kier alpha value is -1.27. The van der Waals surface area contributed by atoms with Gasteiger partial charge in [0, 0.05) is 12.2 Å². The molecule has 1 aliphatic rings. The molecule has 1 saturated carbocycles. The lowest BCUT2D eigenvalue weighted by Crippen LogP contribution is -2.10. The SMILES string of the molecule is CC1CC1.CCCCNc1ccc(NS(=O)(=O)O)cc1. The van der Waals surface area contributed by atoms with Crippen molar-refractivity contribution in [3.05, 3.63) is 24.3 Å². The second-order valence-electron chi connectivity index (χ2n) is 5.12. The van der Waals surface area contributed by atoms with E-state index in [-0.39, 0.29) is 0 Å². The van der Waals surface area contributed by atoms with Crippen LogP contribution in [0.3, 0.4) is 0 Å². The van der Waals surface area contributed by atoms with Gasteiger partial charge < -0.3 is 5.32 Å². The Morgan fingerprint density at radius 3 is 2.10 bits per heavy atom. The molecular weight excluding hydrogens is 276 g/mol. The standard InChI is InChI=1S/C10H16N2O3S.C4H8/c1-2-3-8-11-9-4-6-10(7-5-9)12-16(13,14)15;1-4-2-3-4/h4-7,11-12H,2-3,8H2,1H3,(H,13,14,15);4H,2-3H2,1H3. The molecule has 6 heteroatoms. The van der Waals surface area contributed by atoms with Crippen LogP contribution in [0.25, 0.3) is 0 Å². The zero-order chi connectivity index (χ0) is 15.0. The van der Waals surface area contributed by atoms with Crippen molar-refractivity contribution in [2.75, 3.05) is 16.6 Å². The Morgan fingerprint density at radius 1 is 1.20 bits per heavy atom. The number of hydrogen-bond donors (Lipinski definition) is 3. The summed E-state index contributed by atoms with van der Waals surface area (Å²) in [6, 6.07) is 6.68. The van der Waals surface area contributed by atoms with E-state index in [1.165, 1.54) is 12.8 Å². The van der Waals surface area contributed by atoms with Crippen molar-refractivity contribution in [2.45, 2.75) is 39.5 Å². The van der Waals surface area contributed by atoms with Crippen LogP contribution in [0.15, 0.2) is 24.3 Å². The molecule has 0 spiro atoms. The topological polar surface area (TPSA) is 78.4 Å². The number of rotatable bonds is 6. The monoisotopic (exact) mass is 300 g/mol. The number of hydrogen-bond acceptors (Lipinski definition) is 3. The van der Waals surface area contributed by atoms with Crippen molar-refractivity contribution < 1.29 is 13.0 Å². The number of benzene rings is 1. The average Bonchev–Trinajstić information content (AvgIpc) is 3.13.